The third-order valence-corrected chi connectivity index (χ3v) is 3.26. The fourth-order valence-electron chi connectivity index (χ4n) is 2.30. The van der Waals surface area contributed by atoms with Crippen LogP contribution in [-0.2, 0) is 14.3 Å². The van der Waals surface area contributed by atoms with Gasteiger partial charge in [-0.25, -0.2) is 0 Å². The largest absolute Gasteiger partial charge is 0.358 e. The fourth-order valence-corrected chi connectivity index (χ4v) is 2.30. The number of piperazine rings is 1. The standard InChI is InChI=1S/C13H27N3O3/c1-4-18-12(19-5-2)6-8-16-9-7-15-10-11(16)13(17)14-3/h11-12,15H,4-10H2,1-3H3,(H,14,17). The lowest BCUT2D eigenvalue weighted by Gasteiger charge is -2.35. The lowest BCUT2D eigenvalue weighted by Crippen LogP contribution is -2.57. The summed E-state index contributed by atoms with van der Waals surface area (Å²) in [6.07, 6.45) is 0.616. The molecule has 0 aliphatic carbocycles. The van der Waals surface area contributed by atoms with E-state index in [0.29, 0.717) is 19.8 Å². The minimum atomic E-state index is -0.171. The van der Waals surface area contributed by atoms with Crippen molar-refractivity contribution in [3.8, 4) is 0 Å². The van der Waals surface area contributed by atoms with Crippen LogP contribution in [0.3, 0.4) is 0 Å². The molecule has 112 valence electrons. The first-order valence-electron chi connectivity index (χ1n) is 7.12. The van der Waals surface area contributed by atoms with Gasteiger partial charge in [-0.1, -0.05) is 0 Å². The van der Waals surface area contributed by atoms with E-state index in [2.05, 4.69) is 15.5 Å². The summed E-state index contributed by atoms with van der Waals surface area (Å²) in [5, 5.41) is 5.97. The van der Waals surface area contributed by atoms with Gasteiger partial charge in [0.15, 0.2) is 6.29 Å². The van der Waals surface area contributed by atoms with Crippen molar-refractivity contribution >= 4 is 5.91 Å². The number of carbonyl (C=O) groups excluding carboxylic acids is 1. The highest BCUT2D eigenvalue weighted by Crippen LogP contribution is 2.08. The summed E-state index contributed by atoms with van der Waals surface area (Å²) < 4.78 is 11.1. The van der Waals surface area contributed by atoms with Gasteiger partial charge in [-0.2, -0.15) is 0 Å². The molecule has 1 rings (SSSR count). The molecule has 0 radical (unpaired) electrons. The van der Waals surface area contributed by atoms with E-state index in [1.54, 1.807) is 7.05 Å². The molecule has 1 saturated heterocycles. The molecule has 1 amide bonds. The minimum absolute atomic E-state index is 0.0663. The Labute approximate surface area is 115 Å². The zero-order valence-electron chi connectivity index (χ0n) is 12.3. The van der Waals surface area contributed by atoms with E-state index in [1.807, 2.05) is 13.8 Å². The topological polar surface area (TPSA) is 62.8 Å². The zero-order chi connectivity index (χ0) is 14.1. The smallest absolute Gasteiger partial charge is 0.238 e. The fraction of sp³-hybridized carbons (Fsp3) is 0.923. The number of carbonyl (C=O) groups is 1. The molecule has 6 nitrogen and oxygen atoms in total. The van der Waals surface area contributed by atoms with Gasteiger partial charge < -0.3 is 20.1 Å². The molecule has 1 atom stereocenters. The van der Waals surface area contributed by atoms with Gasteiger partial charge in [-0.05, 0) is 13.8 Å². The molecule has 1 aliphatic heterocycles. The summed E-state index contributed by atoms with van der Waals surface area (Å²) in [7, 11) is 1.68. The van der Waals surface area contributed by atoms with E-state index in [1.165, 1.54) is 0 Å². The van der Waals surface area contributed by atoms with Crippen LogP contribution in [0.4, 0.5) is 0 Å². The number of ether oxygens (including phenoxy) is 2. The Morgan fingerprint density at radius 1 is 1.42 bits per heavy atom. The van der Waals surface area contributed by atoms with E-state index >= 15 is 0 Å². The van der Waals surface area contributed by atoms with Crippen molar-refractivity contribution in [3.05, 3.63) is 0 Å². The number of amides is 1. The minimum Gasteiger partial charge on any atom is -0.358 e. The van der Waals surface area contributed by atoms with Gasteiger partial charge in [0.2, 0.25) is 5.91 Å². The Bertz CT molecular complexity index is 258. The monoisotopic (exact) mass is 273 g/mol. The summed E-state index contributed by atoms with van der Waals surface area (Å²) in [6.45, 7) is 8.52. The van der Waals surface area contributed by atoms with E-state index in [-0.39, 0.29) is 18.2 Å². The molecule has 1 fully saturated rings. The van der Waals surface area contributed by atoms with Crippen molar-refractivity contribution in [3.63, 3.8) is 0 Å². The van der Waals surface area contributed by atoms with Gasteiger partial charge in [0.05, 0.1) is 0 Å². The van der Waals surface area contributed by atoms with Crippen LogP contribution < -0.4 is 10.6 Å². The van der Waals surface area contributed by atoms with Crippen molar-refractivity contribution in [1.82, 2.24) is 15.5 Å². The Kier molecular flexibility index (Phi) is 7.97. The molecule has 1 aliphatic rings. The lowest BCUT2D eigenvalue weighted by atomic mass is 10.1. The first-order valence-corrected chi connectivity index (χ1v) is 7.12. The molecular weight excluding hydrogens is 246 g/mol. The van der Waals surface area contributed by atoms with Gasteiger partial charge >= 0.3 is 0 Å². The molecule has 0 spiro atoms. The van der Waals surface area contributed by atoms with Crippen molar-refractivity contribution in [2.75, 3.05) is 46.4 Å². The first-order chi connectivity index (χ1) is 9.22. The molecule has 0 aromatic heterocycles. The van der Waals surface area contributed by atoms with Crippen LogP contribution in [0.2, 0.25) is 0 Å². The SMILES string of the molecule is CCOC(CCN1CCNCC1C(=O)NC)OCC. The highest BCUT2D eigenvalue weighted by molar-refractivity contribution is 5.81. The summed E-state index contributed by atoms with van der Waals surface area (Å²) in [4.78, 5) is 14.0. The van der Waals surface area contributed by atoms with Gasteiger partial charge in [0, 0.05) is 52.9 Å². The highest BCUT2D eigenvalue weighted by Gasteiger charge is 2.28. The van der Waals surface area contributed by atoms with E-state index < -0.39 is 0 Å². The number of nitrogens with one attached hydrogen (secondary N) is 2. The predicted molar refractivity (Wildman–Crippen MR) is 74.0 cm³/mol. The quantitative estimate of drug-likeness (QED) is 0.600. The van der Waals surface area contributed by atoms with Crippen molar-refractivity contribution < 1.29 is 14.3 Å². The maximum atomic E-state index is 11.8. The van der Waals surface area contributed by atoms with Crippen molar-refractivity contribution in [2.45, 2.75) is 32.6 Å². The van der Waals surface area contributed by atoms with Crippen LogP contribution in [0.25, 0.3) is 0 Å². The summed E-state index contributed by atoms with van der Waals surface area (Å²) in [5.41, 5.74) is 0. The first kappa shape index (κ1) is 16.4. The van der Waals surface area contributed by atoms with Crippen LogP contribution in [0, 0.1) is 0 Å². The average molecular weight is 273 g/mol. The highest BCUT2D eigenvalue weighted by atomic mass is 16.7. The van der Waals surface area contributed by atoms with Crippen molar-refractivity contribution in [2.24, 2.45) is 0 Å². The van der Waals surface area contributed by atoms with Crippen LogP contribution in [0.5, 0.6) is 0 Å². The third kappa shape index (κ3) is 5.44. The van der Waals surface area contributed by atoms with Gasteiger partial charge in [0.1, 0.15) is 6.04 Å². The molecule has 2 N–H and O–H groups in total. The second kappa shape index (κ2) is 9.25. The van der Waals surface area contributed by atoms with E-state index in [9.17, 15) is 4.79 Å². The summed E-state index contributed by atoms with van der Waals surface area (Å²) in [6, 6.07) is -0.0948. The van der Waals surface area contributed by atoms with Crippen molar-refractivity contribution in [1.29, 1.82) is 0 Å². The zero-order valence-corrected chi connectivity index (χ0v) is 12.3. The molecular formula is C13H27N3O3. The second-order valence-electron chi connectivity index (χ2n) is 4.50. The Morgan fingerprint density at radius 3 is 2.68 bits per heavy atom. The van der Waals surface area contributed by atoms with Crippen LogP contribution in [0.15, 0.2) is 0 Å². The normalized spacial score (nSPS) is 20.7. The van der Waals surface area contributed by atoms with E-state index in [0.717, 1.165) is 26.1 Å². The Balaban J connectivity index is 2.45. The molecule has 1 unspecified atom stereocenters. The van der Waals surface area contributed by atoms with Crippen LogP contribution in [0.1, 0.15) is 20.3 Å². The number of likely N-dealkylation sites (N-methyl/N-ethyl adjacent to an activating group) is 1. The second-order valence-corrected chi connectivity index (χ2v) is 4.50. The van der Waals surface area contributed by atoms with E-state index in [4.69, 9.17) is 9.47 Å². The molecule has 0 bridgehead atoms. The average Bonchev–Trinajstić information content (AvgIpc) is 2.44. The van der Waals surface area contributed by atoms with Gasteiger partial charge in [0.25, 0.3) is 0 Å². The molecule has 1 heterocycles. The molecule has 6 heteroatoms. The Hall–Kier alpha value is -0.690. The van der Waals surface area contributed by atoms with Gasteiger partial charge in [-0.3, -0.25) is 9.69 Å². The predicted octanol–water partition coefficient (Wildman–Crippen LogP) is -0.205. The summed E-state index contributed by atoms with van der Waals surface area (Å²) in [5.74, 6) is 0.0663. The van der Waals surface area contributed by atoms with Crippen LogP contribution in [-0.4, -0.2) is 69.6 Å². The Morgan fingerprint density at radius 2 is 2.11 bits per heavy atom. The lowest BCUT2D eigenvalue weighted by molar-refractivity contribution is -0.144. The maximum Gasteiger partial charge on any atom is 0.238 e. The molecule has 19 heavy (non-hydrogen) atoms. The third-order valence-electron chi connectivity index (χ3n) is 3.26. The molecule has 0 aromatic rings. The molecule has 0 aromatic carbocycles. The maximum absolute atomic E-state index is 11.8. The van der Waals surface area contributed by atoms with Gasteiger partial charge in [-0.15, -0.1) is 0 Å². The number of hydrogen-bond donors (Lipinski definition) is 2. The number of hydrogen-bond acceptors (Lipinski definition) is 5. The summed E-state index contributed by atoms with van der Waals surface area (Å²) >= 11 is 0. The number of rotatable bonds is 8. The number of nitrogens with zero attached hydrogens (tertiary/aromatic N) is 1. The molecule has 0 saturated carbocycles. The van der Waals surface area contributed by atoms with Crippen LogP contribution >= 0.6 is 0 Å².